The summed E-state index contributed by atoms with van der Waals surface area (Å²) in [4.78, 5) is 0. The Bertz CT molecular complexity index is 240. The second-order valence-electron chi connectivity index (χ2n) is 4.87. The molecule has 2 unspecified atom stereocenters. The summed E-state index contributed by atoms with van der Waals surface area (Å²) in [5.74, 6) is 1.51. The molecule has 1 aliphatic carbocycles. The number of nitrogens with one attached hydrogen (secondary N) is 1. The second-order valence-corrected chi connectivity index (χ2v) is 4.87. The maximum Gasteiger partial charge on any atom is -0.000858 e. The van der Waals surface area contributed by atoms with Gasteiger partial charge >= 0.3 is 0 Å². The van der Waals surface area contributed by atoms with Crippen LogP contribution in [0.25, 0.3) is 0 Å². The van der Waals surface area contributed by atoms with E-state index in [0.717, 1.165) is 24.9 Å². The standard InChI is InChI=1S/C15H27N/c1-4-6-7-15-9-8-14(12-13(15)3)10-11-16-5-2/h8-9,12-13,15-16H,4-7,10-11H2,1-3H3. The molecule has 0 saturated carbocycles. The summed E-state index contributed by atoms with van der Waals surface area (Å²) >= 11 is 0. The van der Waals surface area contributed by atoms with E-state index < -0.39 is 0 Å². The summed E-state index contributed by atoms with van der Waals surface area (Å²) in [7, 11) is 0. The van der Waals surface area contributed by atoms with Crippen molar-refractivity contribution < 1.29 is 0 Å². The van der Waals surface area contributed by atoms with Crippen molar-refractivity contribution >= 4 is 0 Å². The minimum Gasteiger partial charge on any atom is -0.317 e. The molecule has 0 aliphatic heterocycles. The third-order valence-electron chi connectivity index (χ3n) is 3.44. The minimum atomic E-state index is 0.730. The van der Waals surface area contributed by atoms with E-state index in [2.05, 4.69) is 44.3 Å². The molecule has 92 valence electrons. The Morgan fingerprint density at radius 1 is 1.31 bits per heavy atom. The highest BCUT2D eigenvalue weighted by Crippen LogP contribution is 2.27. The van der Waals surface area contributed by atoms with Crippen LogP contribution in [0.2, 0.25) is 0 Å². The lowest BCUT2D eigenvalue weighted by Crippen LogP contribution is -2.16. The van der Waals surface area contributed by atoms with Gasteiger partial charge in [-0.05, 0) is 37.8 Å². The zero-order valence-corrected chi connectivity index (χ0v) is 11.1. The van der Waals surface area contributed by atoms with Gasteiger partial charge in [-0.2, -0.15) is 0 Å². The van der Waals surface area contributed by atoms with Crippen LogP contribution >= 0.6 is 0 Å². The van der Waals surface area contributed by atoms with Gasteiger partial charge in [-0.1, -0.05) is 57.4 Å². The molecule has 0 radical (unpaired) electrons. The fourth-order valence-electron chi connectivity index (χ4n) is 2.31. The van der Waals surface area contributed by atoms with Crippen LogP contribution in [0.4, 0.5) is 0 Å². The Kier molecular flexibility index (Phi) is 6.47. The molecule has 2 atom stereocenters. The monoisotopic (exact) mass is 221 g/mol. The summed E-state index contributed by atoms with van der Waals surface area (Å²) in [6.07, 6.45) is 12.4. The molecule has 1 rings (SSSR count). The van der Waals surface area contributed by atoms with Gasteiger partial charge < -0.3 is 5.32 Å². The molecular weight excluding hydrogens is 194 g/mol. The molecule has 0 fully saturated rings. The molecule has 1 N–H and O–H groups in total. The first kappa shape index (κ1) is 13.5. The molecule has 0 amide bonds. The smallest absolute Gasteiger partial charge is 0.000858 e. The molecule has 0 saturated heterocycles. The average Bonchev–Trinajstić information content (AvgIpc) is 2.28. The highest BCUT2D eigenvalue weighted by Gasteiger charge is 2.15. The highest BCUT2D eigenvalue weighted by molar-refractivity contribution is 5.25. The van der Waals surface area contributed by atoms with E-state index in [1.807, 2.05) is 0 Å². The van der Waals surface area contributed by atoms with E-state index >= 15 is 0 Å². The van der Waals surface area contributed by atoms with Gasteiger partial charge in [0, 0.05) is 0 Å². The Labute approximate surface area is 101 Å². The van der Waals surface area contributed by atoms with Crippen molar-refractivity contribution in [3.8, 4) is 0 Å². The van der Waals surface area contributed by atoms with Crippen molar-refractivity contribution in [3.05, 3.63) is 23.8 Å². The third kappa shape index (κ3) is 4.52. The fourth-order valence-corrected chi connectivity index (χ4v) is 2.31. The van der Waals surface area contributed by atoms with Crippen LogP contribution in [-0.2, 0) is 0 Å². The van der Waals surface area contributed by atoms with E-state index in [0.29, 0.717) is 0 Å². The molecule has 1 nitrogen and oxygen atoms in total. The largest absolute Gasteiger partial charge is 0.317 e. The quantitative estimate of drug-likeness (QED) is 0.642. The number of rotatable bonds is 7. The van der Waals surface area contributed by atoms with Crippen LogP contribution in [0.15, 0.2) is 23.8 Å². The van der Waals surface area contributed by atoms with Gasteiger partial charge in [0.05, 0.1) is 0 Å². The van der Waals surface area contributed by atoms with Crippen LogP contribution < -0.4 is 5.32 Å². The average molecular weight is 221 g/mol. The van der Waals surface area contributed by atoms with Crippen molar-refractivity contribution in [2.45, 2.75) is 46.5 Å². The maximum absolute atomic E-state index is 3.38. The van der Waals surface area contributed by atoms with Gasteiger partial charge in [-0.15, -0.1) is 0 Å². The number of allylic oxidation sites excluding steroid dienone is 3. The molecule has 0 spiro atoms. The molecule has 1 aliphatic rings. The topological polar surface area (TPSA) is 12.0 Å². The Morgan fingerprint density at radius 2 is 2.12 bits per heavy atom. The highest BCUT2D eigenvalue weighted by atomic mass is 14.8. The number of hydrogen-bond donors (Lipinski definition) is 1. The molecular formula is C15H27N. The van der Waals surface area contributed by atoms with Gasteiger partial charge in [-0.3, -0.25) is 0 Å². The summed E-state index contributed by atoms with van der Waals surface area (Å²) in [6.45, 7) is 8.98. The number of hydrogen-bond acceptors (Lipinski definition) is 1. The summed E-state index contributed by atoms with van der Waals surface area (Å²) in [5, 5.41) is 3.38. The zero-order chi connectivity index (χ0) is 11.8. The predicted octanol–water partition coefficient (Wildman–Crippen LogP) is 3.92. The van der Waals surface area contributed by atoms with E-state index in [-0.39, 0.29) is 0 Å². The van der Waals surface area contributed by atoms with Gasteiger partial charge in [0.2, 0.25) is 0 Å². The Morgan fingerprint density at radius 3 is 2.75 bits per heavy atom. The first-order chi connectivity index (χ1) is 7.77. The summed E-state index contributed by atoms with van der Waals surface area (Å²) < 4.78 is 0. The van der Waals surface area contributed by atoms with Gasteiger partial charge in [-0.25, -0.2) is 0 Å². The van der Waals surface area contributed by atoms with Crippen molar-refractivity contribution in [2.24, 2.45) is 11.8 Å². The number of unbranched alkanes of at least 4 members (excludes halogenated alkanes) is 1. The lowest BCUT2D eigenvalue weighted by atomic mass is 9.83. The van der Waals surface area contributed by atoms with Crippen LogP contribution in [0.5, 0.6) is 0 Å². The van der Waals surface area contributed by atoms with Gasteiger partial charge in [0.15, 0.2) is 0 Å². The Hall–Kier alpha value is -0.560. The normalized spacial score (nSPS) is 24.6. The SMILES string of the molecule is CCCCC1C=CC(CCNCC)=CC1C. The third-order valence-corrected chi connectivity index (χ3v) is 3.44. The Balaban J connectivity index is 2.34. The van der Waals surface area contributed by atoms with Crippen LogP contribution in [0.1, 0.15) is 46.5 Å². The van der Waals surface area contributed by atoms with Crippen molar-refractivity contribution in [2.75, 3.05) is 13.1 Å². The fraction of sp³-hybridized carbons (Fsp3) is 0.733. The maximum atomic E-state index is 3.38. The van der Waals surface area contributed by atoms with E-state index in [1.165, 1.54) is 31.3 Å². The van der Waals surface area contributed by atoms with E-state index in [9.17, 15) is 0 Å². The molecule has 1 heteroatoms. The van der Waals surface area contributed by atoms with Crippen molar-refractivity contribution in [1.29, 1.82) is 0 Å². The first-order valence-electron chi connectivity index (χ1n) is 6.87. The summed E-state index contributed by atoms with van der Waals surface area (Å²) in [5.41, 5.74) is 1.51. The van der Waals surface area contributed by atoms with E-state index in [1.54, 1.807) is 0 Å². The van der Waals surface area contributed by atoms with Crippen molar-refractivity contribution in [3.63, 3.8) is 0 Å². The minimum absolute atomic E-state index is 0.730. The van der Waals surface area contributed by atoms with Gasteiger partial charge in [0.25, 0.3) is 0 Å². The second kappa shape index (κ2) is 7.67. The molecule has 0 aromatic heterocycles. The molecule has 0 bridgehead atoms. The lowest BCUT2D eigenvalue weighted by molar-refractivity contribution is 0.450. The molecule has 0 aromatic rings. The molecule has 0 heterocycles. The van der Waals surface area contributed by atoms with Crippen molar-refractivity contribution in [1.82, 2.24) is 5.32 Å². The lowest BCUT2D eigenvalue weighted by Gasteiger charge is -2.23. The van der Waals surface area contributed by atoms with E-state index in [4.69, 9.17) is 0 Å². The van der Waals surface area contributed by atoms with Crippen LogP contribution in [-0.4, -0.2) is 13.1 Å². The predicted molar refractivity (Wildman–Crippen MR) is 72.6 cm³/mol. The van der Waals surface area contributed by atoms with Crippen LogP contribution in [0, 0.1) is 11.8 Å². The molecule has 16 heavy (non-hydrogen) atoms. The van der Waals surface area contributed by atoms with Crippen LogP contribution in [0.3, 0.4) is 0 Å². The molecule has 0 aromatic carbocycles. The van der Waals surface area contributed by atoms with Gasteiger partial charge in [0.1, 0.15) is 0 Å². The zero-order valence-electron chi connectivity index (χ0n) is 11.1. The summed E-state index contributed by atoms with van der Waals surface area (Å²) in [6, 6.07) is 0. The first-order valence-corrected chi connectivity index (χ1v) is 6.87.